The number of nitrogens with zero attached hydrogens (tertiary/aromatic N) is 2. The molecule has 1 amide bonds. The molecule has 1 aromatic heterocycles. The Balaban J connectivity index is 1.79. The molecule has 0 aliphatic carbocycles. The lowest BCUT2D eigenvalue weighted by atomic mass is 10.2. The van der Waals surface area contributed by atoms with E-state index < -0.39 is 0 Å². The standard InChI is InChI=1S/C20H22N2O3/c1-25-19-9-5-3-7-17(19)14-22(12-13-23)20(24)15-21-11-10-16-6-2-4-8-18(16)21/h2-11,23H,12-15H2,1H3. The van der Waals surface area contributed by atoms with Crippen LogP contribution in [0.5, 0.6) is 5.75 Å². The van der Waals surface area contributed by atoms with Crippen LogP contribution >= 0.6 is 0 Å². The van der Waals surface area contributed by atoms with Crippen molar-refractivity contribution in [3.63, 3.8) is 0 Å². The molecule has 0 bridgehead atoms. The Kier molecular flexibility index (Phi) is 5.36. The van der Waals surface area contributed by atoms with Gasteiger partial charge in [-0.15, -0.1) is 0 Å². The van der Waals surface area contributed by atoms with Crippen molar-refractivity contribution in [3.8, 4) is 5.75 Å². The Hall–Kier alpha value is -2.79. The number of benzene rings is 2. The third-order valence-corrected chi connectivity index (χ3v) is 4.26. The molecule has 1 N–H and O–H groups in total. The van der Waals surface area contributed by atoms with Gasteiger partial charge in [0.05, 0.1) is 13.7 Å². The summed E-state index contributed by atoms with van der Waals surface area (Å²) in [7, 11) is 1.61. The van der Waals surface area contributed by atoms with E-state index in [2.05, 4.69) is 0 Å². The Morgan fingerprint density at radius 1 is 1.12 bits per heavy atom. The fourth-order valence-electron chi connectivity index (χ4n) is 2.98. The zero-order chi connectivity index (χ0) is 17.6. The molecular formula is C20H22N2O3. The van der Waals surface area contributed by atoms with Gasteiger partial charge in [0.15, 0.2) is 0 Å². The molecule has 3 rings (SSSR count). The number of aliphatic hydroxyl groups is 1. The van der Waals surface area contributed by atoms with Crippen LogP contribution in [0.1, 0.15) is 5.56 Å². The molecule has 5 heteroatoms. The van der Waals surface area contributed by atoms with Crippen LogP contribution < -0.4 is 4.74 Å². The minimum absolute atomic E-state index is 0.0405. The van der Waals surface area contributed by atoms with Gasteiger partial charge >= 0.3 is 0 Å². The number of hydrogen-bond acceptors (Lipinski definition) is 3. The van der Waals surface area contributed by atoms with E-state index in [1.54, 1.807) is 12.0 Å². The monoisotopic (exact) mass is 338 g/mol. The Morgan fingerprint density at radius 2 is 1.88 bits per heavy atom. The van der Waals surface area contributed by atoms with Gasteiger partial charge in [-0.1, -0.05) is 36.4 Å². The highest BCUT2D eigenvalue weighted by atomic mass is 16.5. The van der Waals surface area contributed by atoms with Crippen LogP contribution in [-0.2, 0) is 17.9 Å². The van der Waals surface area contributed by atoms with Gasteiger partial charge in [0, 0.05) is 30.4 Å². The summed E-state index contributed by atoms with van der Waals surface area (Å²) < 4.78 is 7.30. The van der Waals surface area contributed by atoms with Crippen LogP contribution in [0.2, 0.25) is 0 Å². The average molecular weight is 338 g/mol. The van der Waals surface area contributed by atoms with Crippen molar-refractivity contribution in [3.05, 3.63) is 66.4 Å². The normalized spacial score (nSPS) is 10.8. The lowest BCUT2D eigenvalue weighted by Gasteiger charge is -2.23. The summed E-state index contributed by atoms with van der Waals surface area (Å²) >= 11 is 0. The number of aromatic nitrogens is 1. The first kappa shape index (κ1) is 17.0. The van der Waals surface area contributed by atoms with Gasteiger partial charge in [-0.25, -0.2) is 0 Å². The summed E-state index contributed by atoms with van der Waals surface area (Å²) in [6.45, 7) is 0.856. The molecule has 0 aliphatic heterocycles. The number of rotatable bonds is 7. The number of para-hydroxylation sites is 2. The molecule has 0 atom stereocenters. The first-order chi connectivity index (χ1) is 12.2. The van der Waals surface area contributed by atoms with Crippen molar-refractivity contribution in [1.29, 1.82) is 0 Å². The molecule has 5 nitrogen and oxygen atoms in total. The van der Waals surface area contributed by atoms with Crippen LogP contribution in [-0.4, -0.2) is 40.7 Å². The van der Waals surface area contributed by atoms with Crippen LogP contribution in [0.4, 0.5) is 0 Å². The second-order valence-electron chi connectivity index (χ2n) is 5.85. The summed E-state index contributed by atoms with van der Waals surface area (Å²) in [6.07, 6.45) is 1.92. The topological polar surface area (TPSA) is 54.7 Å². The maximum Gasteiger partial charge on any atom is 0.242 e. The van der Waals surface area contributed by atoms with Crippen LogP contribution in [0.3, 0.4) is 0 Å². The maximum absolute atomic E-state index is 12.8. The van der Waals surface area contributed by atoms with E-state index >= 15 is 0 Å². The number of hydrogen-bond donors (Lipinski definition) is 1. The molecular weight excluding hydrogens is 316 g/mol. The van der Waals surface area contributed by atoms with Gasteiger partial charge in [0.1, 0.15) is 12.3 Å². The highest BCUT2D eigenvalue weighted by Gasteiger charge is 2.16. The molecule has 0 saturated heterocycles. The molecule has 0 aliphatic rings. The van der Waals surface area contributed by atoms with Crippen molar-refractivity contribution in [2.24, 2.45) is 0 Å². The molecule has 0 fully saturated rings. The fraction of sp³-hybridized carbons (Fsp3) is 0.250. The summed E-state index contributed by atoms with van der Waals surface area (Å²) in [5.41, 5.74) is 1.95. The van der Waals surface area contributed by atoms with Gasteiger partial charge in [-0.05, 0) is 23.6 Å². The number of aliphatic hydroxyl groups excluding tert-OH is 1. The third-order valence-electron chi connectivity index (χ3n) is 4.26. The van der Waals surface area contributed by atoms with Crippen molar-refractivity contribution in [2.45, 2.75) is 13.1 Å². The number of methoxy groups -OCH3 is 1. The minimum Gasteiger partial charge on any atom is -0.496 e. The number of ether oxygens (including phenoxy) is 1. The number of fused-ring (bicyclic) bond motifs is 1. The van der Waals surface area contributed by atoms with Gasteiger partial charge in [0.25, 0.3) is 0 Å². The highest BCUT2D eigenvalue weighted by Crippen LogP contribution is 2.20. The second kappa shape index (κ2) is 7.85. The van der Waals surface area contributed by atoms with Gasteiger partial charge in [0.2, 0.25) is 5.91 Å². The number of amides is 1. The molecule has 1 heterocycles. The molecule has 0 saturated carbocycles. The zero-order valence-electron chi connectivity index (χ0n) is 14.3. The quantitative estimate of drug-likeness (QED) is 0.721. The minimum atomic E-state index is -0.0761. The zero-order valence-corrected chi connectivity index (χ0v) is 14.3. The lowest BCUT2D eigenvalue weighted by Crippen LogP contribution is -2.35. The second-order valence-corrected chi connectivity index (χ2v) is 5.85. The molecule has 25 heavy (non-hydrogen) atoms. The molecule has 0 unspecified atom stereocenters. The fourth-order valence-corrected chi connectivity index (χ4v) is 2.98. The summed E-state index contributed by atoms with van der Waals surface area (Å²) in [6, 6.07) is 17.6. The SMILES string of the molecule is COc1ccccc1CN(CCO)C(=O)Cn1ccc2ccccc21. The lowest BCUT2D eigenvalue weighted by molar-refractivity contribution is -0.132. The van der Waals surface area contributed by atoms with E-state index in [1.165, 1.54) is 0 Å². The molecule has 2 aromatic carbocycles. The van der Waals surface area contributed by atoms with E-state index in [0.717, 1.165) is 22.2 Å². The first-order valence-electron chi connectivity index (χ1n) is 8.27. The number of carbonyl (C=O) groups excluding carboxylic acids is 1. The van der Waals surface area contributed by atoms with Crippen molar-refractivity contribution in [2.75, 3.05) is 20.3 Å². The van der Waals surface area contributed by atoms with E-state index in [4.69, 9.17) is 4.74 Å². The Bertz CT molecular complexity index is 857. The van der Waals surface area contributed by atoms with E-state index in [1.807, 2.05) is 65.4 Å². The molecule has 130 valence electrons. The van der Waals surface area contributed by atoms with Crippen molar-refractivity contribution < 1.29 is 14.6 Å². The summed E-state index contributed by atoms with van der Waals surface area (Å²) in [5.74, 6) is 0.700. The van der Waals surface area contributed by atoms with E-state index in [0.29, 0.717) is 6.54 Å². The summed E-state index contributed by atoms with van der Waals surface area (Å²) in [5, 5.41) is 10.5. The van der Waals surface area contributed by atoms with Crippen molar-refractivity contribution >= 4 is 16.8 Å². The maximum atomic E-state index is 12.8. The van der Waals surface area contributed by atoms with E-state index in [9.17, 15) is 9.90 Å². The van der Waals surface area contributed by atoms with Crippen LogP contribution in [0.15, 0.2) is 60.8 Å². The molecule has 0 radical (unpaired) electrons. The van der Waals surface area contributed by atoms with E-state index in [-0.39, 0.29) is 25.6 Å². The third kappa shape index (κ3) is 3.83. The van der Waals surface area contributed by atoms with Crippen molar-refractivity contribution in [1.82, 2.24) is 9.47 Å². The summed E-state index contributed by atoms with van der Waals surface area (Å²) in [4.78, 5) is 14.5. The molecule has 0 spiro atoms. The Labute approximate surface area is 147 Å². The van der Waals surface area contributed by atoms with Gasteiger partial charge in [-0.2, -0.15) is 0 Å². The highest BCUT2D eigenvalue weighted by molar-refractivity contribution is 5.83. The van der Waals surface area contributed by atoms with Crippen LogP contribution in [0, 0.1) is 0 Å². The molecule has 3 aromatic rings. The largest absolute Gasteiger partial charge is 0.496 e. The van der Waals surface area contributed by atoms with Crippen LogP contribution in [0.25, 0.3) is 10.9 Å². The Morgan fingerprint density at radius 3 is 2.68 bits per heavy atom. The van der Waals surface area contributed by atoms with Gasteiger partial charge < -0.3 is 19.3 Å². The van der Waals surface area contributed by atoms with Gasteiger partial charge in [-0.3, -0.25) is 4.79 Å². The smallest absolute Gasteiger partial charge is 0.242 e. The number of carbonyl (C=O) groups is 1. The first-order valence-corrected chi connectivity index (χ1v) is 8.27. The predicted molar refractivity (Wildman–Crippen MR) is 97.4 cm³/mol. The average Bonchev–Trinajstić information content (AvgIpc) is 3.05. The predicted octanol–water partition coefficient (Wildman–Crippen LogP) is 2.67.